The molecular formula is C12H19N3O2. The van der Waals surface area contributed by atoms with Crippen LogP contribution in [0.2, 0.25) is 0 Å². The van der Waals surface area contributed by atoms with Crippen molar-refractivity contribution in [3.63, 3.8) is 0 Å². The summed E-state index contributed by atoms with van der Waals surface area (Å²) in [6.45, 7) is 5.02. The summed E-state index contributed by atoms with van der Waals surface area (Å²) in [6, 6.07) is 1.80. The summed E-state index contributed by atoms with van der Waals surface area (Å²) in [5.74, 6) is -0.318. The molecule has 5 heteroatoms. The van der Waals surface area contributed by atoms with Crippen LogP contribution in [-0.2, 0) is 16.8 Å². The Balaban J connectivity index is 2.21. The molecule has 1 aromatic heterocycles. The van der Waals surface area contributed by atoms with Gasteiger partial charge in [0.1, 0.15) is 5.41 Å². The molecule has 2 rings (SSSR count). The molecule has 0 aliphatic heterocycles. The molecule has 1 aliphatic rings. The van der Waals surface area contributed by atoms with Gasteiger partial charge >= 0.3 is 5.97 Å². The van der Waals surface area contributed by atoms with Crippen LogP contribution in [-0.4, -0.2) is 26.9 Å². The van der Waals surface area contributed by atoms with Crippen LogP contribution < -0.4 is 5.73 Å². The van der Waals surface area contributed by atoms with Gasteiger partial charge in [0.25, 0.3) is 0 Å². The summed E-state index contributed by atoms with van der Waals surface area (Å²) < 4.78 is 1.81. The Labute approximate surface area is 101 Å². The van der Waals surface area contributed by atoms with Crippen LogP contribution in [0.3, 0.4) is 0 Å². The van der Waals surface area contributed by atoms with Crippen LogP contribution in [0.4, 0.5) is 0 Å². The minimum Gasteiger partial charge on any atom is -0.481 e. The smallest absolute Gasteiger partial charge is 0.315 e. The van der Waals surface area contributed by atoms with Gasteiger partial charge in [0.15, 0.2) is 0 Å². The minimum atomic E-state index is -0.846. The topological polar surface area (TPSA) is 81.1 Å². The van der Waals surface area contributed by atoms with E-state index < -0.39 is 11.4 Å². The van der Waals surface area contributed by atoms with Gasteiger partial charge in [-0.25, -0.2) is 0 Å². The predicted octanol–water partition coefficient (Wildman–Crippen LogP) is 0.983. The minimum absolute atomic E-state index is 0.0126. The molecule has 1 fully saturated rings. The summed E-state index contributed by atoms with van der Waals surface area (Å²) >= 11 is 0. The highest BCUT2D eigenvalue weighted by molar-refractivity contribution is 5.82. The Hall–Kier alpha value is -1.36. The summed E-state index contributed by atoms with van der Waals surface area (Å²) in [6.07, 6.45) is 2.83. The Bertz CT molecular complexity index is 419. The first-order chi connectivity index (χ1) is 7.94. The van der Waals surface area contributed by atoms with Crippen molar-refractivity contribution in [3.8, 4) is 0 Å². The van der Waals surface area contributed by atoms with E-state index in [1.54, 1.807) is 0 Å². The fraction of sp³-hybridized carbons (Fsp3) is 0.667. The molecule has 0 radical (unpaired) electrons. The zero-order chi connectivity index (χ0) is 12.6. The average Bonchev–Trinajstić information content (AvgIpc) is 2.59. The first kappa shape index (κ1) is 12.1. The molecule has 1 aliphatic carbocycles. The molecule has 0 spiro atoms. The first-order valence-electron chi connectivity index (χ1n) is 5.97. The highest BCUT2D eigenvalue weighted by Crippen LogP contribution is 2.42. The van der Waals surface area contributed by atoms with Gasteiger partial charge in [-0.15, -0.1) is 0 Å². The molecule has 0 saturated heterocycles. The monoisotopic (exact) mass is 237 g/mol. The Morgan fingerprint density at radius 3 is 2.82 bits per heavy atom. The van der Waals surface area contributed by atoms with E-state index in [9.17, 15) is 9.90 Å². The fourth-order valence-electron chi connectivity index (χ4n) is 2.42. The molecular weight excluding hydrogens is 218 g/mol. The van der Waals surface area contributed by atoms with Gasteiger partial charge < -0.3 is 10.8 Å². The molecule has 1 aromatic rings. The van der Waals surface area contributed by atoms with E-state index >= 15 is 0 Å². The molecule has 94 valence electrons. The second-order valence-electron chi connectivity index (χ2n) is 5.37. The summed E-state index contributed by atoms with van der Waals surface area (Å²) in [5, 5.41) is 13.7. The molecule has 1 heterocycles. The van der Waals surface area contributed by atoms with E-state index in [0.29, 0.717) is 24.5 Å². The van der Waals surface area contributed by atoms with E-state index in [2.05, 4.69) is 18.9 Å². The lowest BCUT2D eigenvalue weighted by atomic mass is 9.64. The molecule has 0 amide bonds. The number of rotatable bonds is 4. The lowest BCUT2D eigenvalue weighted by Gasteiger charge is -2.41. The lowest BCUT2D eigenvalue weighted by Crippen LogP contribution is -2.54. The van der Waals surface area contributed by atoms with Crippen LogP contribution in [0.25, 0.3) is 0 Å². The second-order valence-corrected chi connectivity index (χ2v) is 5.37. The second kappa shape index (κ2) is 4.14. The zero-order valence-corrected chi connectivity index (χ0v) is 10.3. The molecule has 1 saturated carbocycles. The van der Waals surface area contributed by atoms with Gasteiger partial charge in [0, 0.05) is 18.8 Å². The van der Waals surface area contributed by atoms with Crippen LogP contribution in [0.1, 0.15) is 32.4 Å². The van der Waals surface area contributed by atoms with Crippen LogP contribution in [0.15, 0.2) is 12.3 Å². The number of aromatic nitrogens is 2. The molecule has 0 bridgehead atoms. The SMILES string of the molecule is CC(C)Cn1ccc(C2(C(=O)O)CC(N)C2)n1. The maximum absolute atomic E-state index is 11.4. The number of carboxylic acids is 1. The zero-order valence-electron chi connectivity index (χ0n) is 10.3. The third kappa shape index (κ3) is 2.07. The van der Waals surface area contributed by atoms with Gasteiger partial charge in [-0.2, -0.15) is 5.10 Å². The van der Waals surface area contributed by atoms with Crippen molar-refractivity contribution in [3.05, 3.63) is 18.0 Å². The van der Waals surface area contributed by atoms with Gasteiger partial charge in [-0.1, -0.05) is 13.8 Å². The Morgan fingerprint density at radius 2 is 2.35 bits per heavy atom. The standard InChI is InChI=1S/C12H19N3O2/c1-8(2)7-15-4-3-10(14-15)12(11(16)17)5-9(13)6-12/h3-4,8-9H,5-7,13H2,1-2H3,(H,16,17). The van der Waals surface area contributed by atoms with Crippen molar-refractivity contribution in [2.45, 2.75) is 44.7 Å². The van der Waals surface area contributed by atoms with Gasteiger partial charge in [-0.3, -0.25) is 9.48 Å². The number of nitrogens with two attached hydrogens (primary N) is 1. The van der Waals surface area contributed by atoms with Crippen molar-refractivity contribution in [1.29, 1.82) is 0 Å². The van der Waals surface area contributed by atoms with Gasteiger partial charge in [0.05, 0.1) is 5.69 Å². The summed E-state index contributed by atoms with van der Waals surface area (Å²) in [4.78, 5) is 11.4. The number of hydrogen-bond donors (Lipinski definition) is 2. The van der Waals surface area contributed by atoms with E-state index in [1.165, 1.54) is 0 Å². The molecule has 5 nitrogen and oxygen atoms in total. The fourth-order valence-corrected chi connectivity index (χ4v) is 2.42. The van der Waals surface area contributed by atoms with Crippen molar-refractivity contribution in [1.82, 2.24) is 9.78 Å². The quantitative estimate of drug-likeness (QED) is 0.818. The van der Waals surface area contributed by atoms with E-state index in [-0.39, 0.29) is 6.04 Å². The summed E-state index contributed by atoms with van der Waals surface area (Å²) in [5.41, 5.74) is 5.52. The number of nitrogens with zero attached hydrogens (tertiary/aromatic N) is 2. The van der Waals surface area contributed by atoms with Crippen molar-refractivity contribution in [2.75, 3.05) is 0 Å². The Morgan fingerprint density at radius 1 is 1.71 bits per heavy atom. The van der Waals surface area contributed by atoms with Gasteiger partial charge in [0.2, 0.25) is 0 Å². The largest absolute Gasteiger partial charge is 0.481 e. The van der Waals surface area contributed by atoms with E-state index in [4.69, 9.17) is 5.73 Å². The molecule has 0 unspecified atom stereocenters. The van der Waals surface area contributed by atoms with Crippen molar-refractivity contribution < 1.29 is 9.90 Å². The third-order valence-corrected chi connectivity index (χ3v) is 3.31. The molecule has 0 atom stereocenters. The van der Waals surface area contributed by atoms with Gasteiger partial charge in [-0.05, 0) is 24.8 Å². The molecule has 3 N–H and O–H groups in total. The van der Waals surface area contributed by atoms with E-state index in [0.717, 1.165) is 6.54 Å². The number of carboxylic acid groups (broad SMARTS) is 1. The van der Waals surface area contributed by atoms with Crippen LogP contribution in [0.5, 0.6) is 0 Å². The first-order valence-corrected chi connectivity index (χ1v) is 5.97. The van der Waals surface area contributed by atoms with E-state index in [1.807, 2.05) is 16.9 Å². The highest BCUT2D eigenvalue weighted by atomic mass is 16.4. The maximum atomic E-state index is 11.4. The number of hydrogen-bond acceptors (Lipinski definition) is 3. The lowest BCUT2D eigenvalue weighted by molar-refractivity contribution is -0.148. The predicted molar refractivity (Wildman–Crippen MR) is 63.6 cm³/mol. The molecule has 0 aromatic carbocycles. The average molecular weight is 237 g/mol. The highest BCUT2D eigenvalue weighted by Gasteiger charge is 2.52. The van der Waals surface area contributed by atoms with Crippen LogP contribution in [0, 0.1) is 5.92 Å². The number of carbonyl (C=O) groups is 1. The summed E-state index contributed by atoms with van der Waals surface area (Å²) in [7, 11) is 0. The molecule has 17 heavy (non-hydrogen) atoms. The van der Waals surface area contributed by atoms with Crippen molar-refractivity contribution >= 4 is 5.97 Å². The van der Waals surface area contributed by atoms with Crippen LogP contribution >= 0.6 is 0 Å². The van der Waals surface area contributed by atoms with Crippen molar-refractivity contribution in [2.24, 2.45) is 11.7 Å². The Kier molecular flexibility index (Phi) is 2.95. The number of aliphatic carboxylic acids is 1. The maximum Gasteiger partial charge on any atom is 0.315 e. The third-order valence-electron chi connectivity index (χ3n) is 3.31. The normalized spacial score (nSPS) is 28.1.